The summed E-state index contributed by atoms with van der Waals surface area (Å²) < 4.78 is 1.23. The summed E-state index contributed by atoms with van der Waals surface area (Å²) in [6.45, 7) is 1.38. The van der Waals surface area contributed by atoms with Gasteiger partial charge in [0.25, 0.3) is 5.56 Å². The van der Waals surface area contributed by atoms with Crippen LogP contribution in [0.3, 0.4) is 0 Å². The van der Waals surface area contributed by atoms with Gasteiger partial charge >= 0.3 is 0 Å². The number of aromatic nitrogens is 4. The maximum atomic E-state index is 11.1. The molecule has 13 heavy (non-hydrogen) atoms. The predicted molar refractivity (Wildman–Crippen MR) is 44.4 cm³/mol. The van der Waals surface area contributed by atoms with Crippen molar-refractivity contribution in [2.45, 2.75) is 6.92 Å². The van der Waals surface area contributed by atoms with Crippen molar-refractivity contribution in [3.63, 3.8) is 0 Å². The lowest BCUT2D eigenvalue weighted by molar-refractivity contribution is 0.0940. The molecule has 0 aliphatic rings. The van der Waals surface area contributed by atoms with Crippen LogP contribution in [0.15, 0.2) is 17.4 Å². The molecule has 0 atom stereocenters. The Morgan fingerprint density at radius 2 is 2.31 bits per heavy atom. The zero-order valence-electron chi connectivity index (χ0n) is 6.81. The van der Waals surface area contributed by atoms with E-state index in [-0.39, 0.29) is 22.6 Å². The van der Waals surface area contributed by atoms with Crippen molar-refractivity contribution < 1.29 is 4.79 Å². The zero-order valence-corrected chi connectivity index (χ0v) is 6.81. The third kappa shape index (κ3) is 1.03. The number of imidazole rings is 1. The topological polar surface area (TPSA) is 80.6 Å². The average Bonchev–Trinajstić information content (AvgIpc) is 2.48. The number of carbonyl (C=O) groups is 1. The molecule has 0 bridgehead atoms. The second-order valence-corrected chi connectivity index (χ2v) is 2.54. The number of rotatable bonds is 0. The van der Waals surface area contributed by atoms with Gasteiger partial charge in [0, 0.05) is 6.92 Å². The predicted octanol–water partition coefficient (Wildman–Crippen LogP) is -0.220. The van der Waals surface area contributed by atoms with E-state index >= 15 is 0 Å². The molecule has 0 fully saturated rings. The summed E-state index contributed by atoms with van der Waals surface area (Å²) in [7, 11) is 0. The summed E-state index contributed by atoms with van der Waals surface area (Å²) >= 11 is 0. The number of aromatic amines is 1. The highest BCUT2D eigenvalue weighted by Crippen LogP contribution is 2.02. The van der Waals surface area contributed by atoms with Gasteiger partial charge in [0.05, 0.1) is 6.33 Å². The van der Waals surface area contributed by atoms with E-state index in [1.807, 2.05) is 0 Å². The van der Waals surface area contributed by atoms with Gasteiger partial charge in [-0.25, -0.2) is 9.97 Å². The van der Waals surface area contributed by atoms with E-state index in [1.54, 1.807) is 0 Å². The van der Waals surface area contributed by atoms with Gasteiger partial charge in [0.15, 0.2) is 11.2 Å². The Balaban J connectivity index is 2.91. The second-order valence-electron chi connectivity index (χ2n) is 2.54. The van der Waals surface area contributed by atoms with Crippen molar-refractivity contribution in [1.29, 1.82) is 0 Å². The third-order valence-corrected chi connectivity index (χ3v) is 1.68. The van der Waals surface area contributed by atoms with Gasteiger partial charge in [-0.3, -0.25) is 14.2 Å². The fourth-order valence-electron chi connectivity index (χ4n) is 1.08. The van der Waals surface area contributed by atoms with Gasteiger partial charge in [-0.1, -0.05) is 0 Å². The van der Waals surface area contributed by atoms with Crippen LogP contribution in [0.5, 0.6) is 0 Å². The number of hydrogen-bond donors (Lipinski definition) is 1. The third-order valence-electron chi connectivity index (χ3n) is 1.68. The Bertz CT molecular complexity index is 525. The van der Waals surface area contributed by atoms with E-state index in [0.29, 0.717) is 0 Å². The molecule has 2 aromatic rings. The molecule has 0 aromatic carbocycles. The van der Waals surface area contributed by atoms with E-state index in [2.05, 4.69) is 15.0 Å². The maximum absolute atomic E-state index is 11.1. The van der Waals surface area contributed by atoms with E-state index < -0.39 is 0 Å². The van der Waals surface area contributed by atoms with Gasteiger partial charge in [-0.15, -0.1) is 0 Å². The van der Waals surface area contributed by atoms with Crippen molar-refractivity contribution >= 4 is 17.1 Å². The minimum Gasteiger partial charge on any atom is -0.311 e. The lowest BCUT2D eigenvalue weighted by Gasteiger charge is -1.93. The molecule has 0 saturated heterocycles. The van der Waals surface area contributed by atoms with Crippen molar-refractivity contribution in [2.24, 2.45) is 0 Å². The first-order valence-electron chi connectivity index (χ1n) is 3.62. The molecule has 2 rings (SSSR count). The van der Waals surface area contributed by atoms with Crippen molar-refractivity contribution in [2.75, 3.05) is 0 Å². The first-order chi connectivity index (χ1) is 6.20. The Kier molecular flexibility index (Phi) is 1.48. The summed E-state index contributed by atoms with van der Waals surface area (Å²) in [5.41, 5.74) is 0.124. The summed E-state index contributed by atoms with van der Waals surface area (Å²) in [5, 5.41) is 0. The first kappa shape index (κ1) is 7.66. The van der Waals surface area contributed by atoms with Gasteiger partial charge in [0.1, 0.15) is 6.33 Å². The van der Waals surface area contributed by atoms with E-state index in [9.17, 15) is 9.59 Å². The van der Waals surface area contributed by atoms with Crippen LogP contribution in [0.1, 0.15) is 11.7 Å². The van der Waals surface area contributed by atoms with E-state index in [0.717, 1.165) is 0 Å². The molecule has 0 radical (unpaired) electrons. The number of carbonyl (C=O) groups excluding carboxylic acids is 1. The number of nitrogens with zero attached hydrogens (tertiary/aromatic N) is 3. The summed E-state index contributed by atoms with van der Waals surface area (Å²) in [6.07, 6.45) is 2.53. The molecule has 6 nitrogen and oxygen atoms in total. The molecule has 2 heterocycles. The molecule has 0 unspecified atom stereocenters. The smallest absolute Gasteiger partial charge is 0.278 e. The fraction of sp³-hybridized carbons (Fsp3) is 0.143. The lowest BCUT2D eigenvalue weighted by Crippen LogP contribution is -2.09. The highest BCUT2D eigenvalue weighted by atomic mass is 16.2. The zero-order chi connectivity index (χ0) is 9.42. The second kappa shape index (κ2) is 2.51. The summed E-state index contributed by atoms with van der Waals surface area (Å²) in [6, 6.07) is 0. The molecule has 0 spiro atoms. The Morgan fingerprint density at radius 1 is 1.54 bits per heavy atom. The van der Waals surface area contributed by atoms with Gasteiger partial charge in [-0.2, -0.15) is 0 Å². The molecule has 66 valence electrons. The molecule has 1 N–H and O–H groups in total. The van der Waals surface area contributed by atoms with Gasteiger partial charge < -0.3 is 4.98 Å². The largest absolute Gasteiger partial charge is 0.311 e. The molecule has 0 aliphatic carbocycles. The van der Waals surface area contributed by atoms with Gasteiger partial charge in [0.2, 0.25) is 5.91 Å². The number of nitrogens with one attached hydrogen (secondary N) is 1. The molecular weight excluding hydrogens is 172 g/mol. The Labute approximate surface area is 72.2 Å². The van der Waals surface area contributed by atoms with Crippen LogP contribution >= 0.6 is 0 Å². The highest BCUT2D eigenvalue weighted by Gasteiger charge is 2.08. The first-order valence-corrected chi connectivity index (χ1v) is 3.62. The maximum Gasteiger partial charge on any atom is 0.278 e. The van der Waals surface area contributed by atoms with Crippen LogP contribution in [0.25, 0.3) is 11.2 Å². The Hall–Kier alpha value is -1.98. The van der Waals surface area contributed by atoms with Crippen LogP contribution in [0.2, 0.25) is 0 Å². The quantitative estimate of drug-likeness (QED) is 0.604. The lowest BCUT2D eigenvalue weighted by atomic mass is 10.5. The van der Waals surface area contributed by atoms with Crippen LogP contribution in [0, 0.1) is 0 Å². The fourth-order valence-corrected chi connectivity index (χ4v) is 1.08. The normalized spacial score (nSPS) is 10.5. The van der Waals surface area contributed by atoms with Crippen molar-refractivity contribution in [1.82, 2.24) is 19.5 Å². The van der Waals surface area contributed by atoms with Gasteiger partial charge in [-0.05, 0) is 0 Å². The molecule has 0 amide bonds. The standard InChI is InChI=1S/C7H6N4O2/c1-4(12)11-3-10-5-6(11)8-2-9-7(5)13/h2-3H,1H3,(H,8,9,13). The molecular formula is C7H6N4O2. The number of H-pyrrole nitrogens is 1. The average molecular weight is 178 g/mol. The molecule has 0 saturated carbocycles. The van der Waals surface area contributed by atoms with Crippen molar-refractivity contribution in [3.05, 3.63) is 23.0 Å². The van der Waals surface area contributed by atoms with E-state index in [4.69, 9.17) is 0 Å². The molecule has 6 heteroatoms. The number of hydrogen-bond acceptors (Lipinski definition) is 4. The summed E-state index contributed by atoms with van der Waals surface area (Å²) in [4.78, 5) is 32.1. The van der Waals surface area contributed by atoms with Crippen LogP contribution in [-0.4, -0.2) is 25.4 Å². The highest BCUT2D eigenvalue weighted by molar-refractivity contribution is 5.86. The van der Waals surface area contributed by atoms with Crippen LogP contribution < -0.4 is 5.56 Å². The minimum absolute atomic E-state index is 0.178. The number of fused-ring (bicyclic) bond motifs is 1. The Morgan fingerprint density at radius 3 is 3.00 bits per heavy atom. The van der Waals surface area contributed by atoms with Crippen LogP contribution in [-0.2, 0) is 0 Å². The van der Waals surface area contributed by atoms with Crippen LogP contribution in [0.4, 0.5) is 0 Å². The monoisotopic (exact) mass is 178 g/mol. The molecule has 2 aromatic heterocycles. The SMILES string of the molecule is CC(=O)n1cnc2c(=O)[nH]cnc21. The minimum atomic E-state index is -0.343. The summed E-state index contributed by atoms with van der Waals surface area (Å²) in [5.74, 6) is -0.222. The van der Waals surface area contributed by atoms with E-state index in [1.165, 1.54) is 24.1 Å². The molecule has 0 aliphatic heterocycles. The van der Waals surface area contributed by atoms with Crippen molar-refractivity contribution in [3.8, 4) is 0 Å².